The number of hydrogen-bond donors (Lipinski definition) is 2. The molecule has 1 aliphatic rings. The Bertz CT molecular complexity index is 1180. The van der Waals surface area contributed by atoms with E-state index in [1.165, 1.54) is 0 Å². The van der Waals surface area contributed by atoms with Gasteiger partial charge in [0.1, 0.15) is 19.0 Å². The van der Waals surface area contributed by atoms with Crippen LogP contribution in [-0.4, -0.2) is 33.3 Å². The molecular formula is C20H15N5O3S. The highest BCUT2D eigenvalue weighted by Crippen LogP contribution is 2.32. The number of aromatic nitrogens is 3. The van der Waals surface area contributed by atoms with E-state index < -0.39 is 0 Å². The van der Waals surface area contributed by atoms with E-state index in [0.29, 0.717) is 47.0 Å². The summed E-state index contributed by atoms with van der Waals surface area (Å²) >= 11 is 5.40. The quantitative estimate of drug-likeness (QED) is 0.493. The van der Waals surface area contributed by atoms with Gasteiger partial charge >= 0.3 is 0 Å². The zero-order valence-corrected chi connectivity index (χ0v) is 15.9. The van der Waals surface area contributed by atoms with Crippen molar-refractivity contribution in [1.82, 2.24) is 15.0 Å². The van der Waals surface area contributed by atoms with Gasteiger partial charge in [0.2, 0.25) is 5.89 Å². The Morgan fingerprint density at radius 3 is 2.72 bits per heavy atom. The SMILES string of the molecule is S=C(Nc1ccc2c(c1)OCCO2)Nc1cc(-c2nc3ncccc3o2)ccn1. The van der Waals surface area contributed by atoms with Gasteiger partial charge in [-0.3, -0.25) is 0 Å². The summed E-state index contributed by atoms with van der Waals surface area (Å²) in [7, 11) is 0. The van der Waals surface area contributed by atoms with Crippen LogP contribution in [-0.2, 0) is 0 Å². The Morgan fingerprint density at radius 2 is 1.83 bits per heavy atom. The predicted octanol–water partition coefficient (Wildman–Crippen LogP) is 3.86. The van der Waals surface area contributed by atoms with Crippen molar-refractivity contribution in [3.05, 3.63) is 54.9 Å². The van der Waals surface area contributed by atoms with Crippen molar-refractivity contribution in [3.63, 3.8) is 0 Å². The fraction of sp³-hybridized carbons (Fsp3) is 0.100. The molecule has 0 saturated carbocycles. The molecule has 2 N–H and O–H groups in total. The normalized spacial score (nSPS) is 12.6. The average Bonchev–Trinajstić information content (AvgIpc) is 3.18. The Hall–Kier alpha value is -3.72. The molecule has 1 aliphatic heterocycles. The molecule has 0 atom stereocenters. The third kappa shape index (κ3) is 3.67. The standard InChI is InChI=1S/C20H15N5O3S/c29-20(23-13-3-4-14-16(11-13)27-9-8-26-14)24-17-10-12(5-7-21-17)19-25-18-15(28-19)2-1-6-22-18/h1-7,10-11H,8-9H2,(H2,21,23,24,29). The van der Waals surface area contributed by atoms with E-state index >= 15 is 0 Å². The molecule has 0 radical (unpaired) electrons. The summed E-state index contributed by atoms with van der Waals surface area (Å²) in [5, 5.41) is 6.58. The molecule has 0 unspecified atom stereocenters. The molecule has 3 aromatic heterocycles. The van der Waals surface area contributed by atoms with Gasteiger partial charge < -0.3 is 24.5 Å². The van der Waals surface area contributed by atoms with Crippen LogP contribution < -0.4 is 20.1 Å². The fourth-order valence-corrected chi connectivity index (χ4v) is 3.15. The van der Waals surface area contributed by atoms with Crippen molar-refractivity contribution in [3.8, 4) is 23.0 Å². The molecular weight excluding hydrogens is 390 g/mol. The molecule has 1 aromatic carbocycles. The number of rotatable bonds is 3. The zero-order chi connectivity index (χ0) is 19.6. The highest BCUT2D eigenvalue weighted by molar-refractivity contribution is 7.80. The molecule has 8 nitrogen and oxygen atoms in total. The van der Waals surface area contributed by atoms with Gasteiger partial charge in [0, 0.05) is 29.7 Å². The summed E-state index contributed by atoms with van der Waals surface area (Å²) in [6, 6.07) is 12.8. The maximum absolute atomic E-state index is 5.76. The van der Waals surface area contributed by atoms with Crippen LogP contribution in [0.5, 0.6) is 11.5 Å². The fourth-order valence-electron chi connectivity index (χ4n) is 2.92. The molecule has 144 valence electrons. The summed E-state index contributed by atoms with van der Waals surface area (Å²) in [6.07, 6.45) is 3.34. The van der Waals surface area contributed by atoms with Crippen molar-refractivity contribution in [2.24, 2.45) is 0 Å². The number of anilines is 2. The van der Waals surface area contributed by atoms with E-state index in [1.54, 1.807) is 18.5 Å². The van der Waals surface area contributed by atoms with Crippen LogP contribution in [0.3, 0.4) is 0 Å². The highest BCUT2D eigenvalue weighted by atomic mass is 32.1. The number of benzene rings is 1. The number of hydrogen-bond acceptors (Lipinski definition) is 7. The van der Waals surface area contributed by atoms with Crippen molar-refractivity contribution in [2.45, 2.75) is 0 Å². The van der Waals surface area contributed by atoms with E-state index in [0.717, 1.165) is 17.0 Å². The lowest BCUT2D eigenvalue weighted by Crippen LogP contribution is -2.20. The highest BCUT2D eigenvalue weighted by Gasteiger charge is 2.13. The Kier molecular flexibility index (Phi) is 4.41. The van der Waals surface area contributed by atoms with Gasteiger partial charge in [-0.2, -0.15) is 4.98 Å². The maximum Gasteiger partial charge on any atom is 0.229 e. The van der Waals surface area contributed by atoms with Gasteiger partial charge in [-0.1, -0.05) is 0 Å². The summed E-state index contributed by atoms with van der Waals surface area (Å²) in [4.78, 5) is 12.9. The Labute approximate surface area is 170 Å². The summed E-state index contributed by atoms with van der Waals surface area (Å²) in [5.74, 6) is 2.44. The van der Waals surface area contributed by atoms with Crippen LogP contribution in [0, 0.1) is 0 Å². The molecule has 0 fully saturated rings. The zero-order valence-electron chi connectivity index (χ0n) is 15.1. The average molecular weight is 405 g/mol. The smallest absolute Gasteiger partial charge is 0.229 e. The third-order valence-corrected chi connectivity index (χ3v) is 4.42. The Balaban J connectivity index is 1.31. The second kappa shape index (κ2) is 7.36. The van der Waals surface area contributed by atoms with Crippen molar-refractivity contribution < 1.29 is 13.9 Å². The summed E-state index contributed by atoms with van der Waals surface area (Å²) in [5.41, 5.74) is 2.74. The molecule has 29 heavy (non-hydrogen) atoms. The lowest BCUT2D eigenvalue weighted by atomic mass is 10.2. The summed E-state index contributed by atoms with van der Waals surface area (Å²) in [6.45, 7) is 1.08. The van der Waals surface area contributed by atoms with Crippen LogP contribution in [0.4, 0.5) is 11.5 Å². The minimum absolute atomic E-state index is 0.394. The third-order valence-electron chi connectivity index (χ3n) is 4.21. The molecule has 0 saturated heterocycles. The number of pyridine rings is 2. The number of nitrogens with one attached hydrogen (secondary N) is 2. The van der Waals surface area contributed by atoms with Gasteiger partial charge in [-0.15, -0.1) is 0 Å². The van der Waals surface area contributed by atoms with Gasteiger partial charge in [-0.25, -0.2) is 9.97 Å². The summed E-state index contributed by atoms with van der Waals surface area (Å²) < 4.78 is 16.9. The van der Waals surface area contributed by atoms with Gasteiger partial charge in [0.15, 0.2) is 27.8 Å². The van der Waals surface area contributed by atoms with E-state index in [9.17, 15) is 0 Å². The van der Waals surface area contributed by atoms with E-state index in [1.807, 2.05) is 36.4 Å². The monoisotopic (exact) mass is 405 g/mol. The van der Waals surface area contributed by atoms with E-state index in [4.69, 9.17) is 26.1 Å². The molecule has 0 aliphatic carbocycles. The maximum atomic E-state index is 5.76. The topological polar surface area (TPSA) is 94.3 Å². The van der Waals surface area contributed by atoms with Crippen molar-refractivity contribution in [1.29, 1.82) is 0 Å². The van der Waals surface area contributed by atoms with Crippen LogP contribution >= 0.6 is 12.2 Å². The minimum Gasteiger partial charge on any atom is -0.486 e. The Morgan fingerprint density at radius 1 is 0.931 bits per heavy atom. The number of fused-ring (bicyclic) bond motifs is 2. The first-order chi connectivity index (χ1) is 14.2. The second-order valence-electron chi connectivity index (χ2n) is 6.21. The minimum atomic E-state index is 0.394. The lowest BCUT2D eigenvalue weighted by molar-refractivity contribution is 0.171. The van der Waals surface area contributed by atoms with Gasteiger partial charge in [0.05, 0.1) is 0 Å². The number of thiocarbonyl (C=S) groups is 1. The molecule has 4 aromatic rings. The van der Waals surface area contributed by atoms with Crippen LogP contribution in [0.25, 0.3) is 22.7 Å². The first-order valence-electron chi connectivity index (χ1n) is 8.90. The van der Waals surface area contributed by atoms with Crippen LogP contribution in [0.2, 0.25) is 0 Å². The first-order valence-corrected chi connectivity index (χ1v) is 9.31. The molecule has 9 heteroatoms. The van der Waals surface area contributed by atoms with Crippen molar-refractivity contribution >= 4 is 40.1 Å². The van der Waals surface area contributed by atoms with Crippen LogP contribution in [0.1, 0.15) is 0 Å². The number of oxazole rings is 1. The lowest BCUT2D eigenvalue weighted by Gasteiger charge is -2.19. The number of ether oxygens (including phenoxy) is 2. The number of nitrogens with zero attached hydrogens (tertiary/aromatic N) is 3. The largest absolute Gasteiger partial charge is 0.486 e. The van der Waals surface area contributed by atoms with Gasteiger partial charge in [0.25, 0.3) is 0 Å². The molecule has 0 spiro atoms. The predicted molar refractivity (Wildman–Crippen MR) is 112 cm³/mol. The molecule has 5 rings (SSSR count). The molecule has 0 amide bonds. The second-order valence-corrected chi connectivity index (χ2v) is 6.62. The molecule has 4 heterocycles. The van der Waals surface area contributed by atoms with E-state index in [2.05, 4.69) is 25.6 Å². The van der Waals surface area contributed by atoms with Crippen LogP contribution in [0.15, 0.2) is 59.3 Å². The van der Waals surface area contributed by atoms with Crippen molar-refractivity contribution in [2.75, 3.05) is 23.8 Å². The van der Waals surface area contributed by atoms with Gasteiger partial charge in [-0.05, 0) is 48.6 Å². The first kappa shape index (κ1) is 17.4. The molecule has 0 bridgehead atoms. The van der Waals surface area contributed by atoms with E-state index in [-0.39, 0.29) is 0 Å².